The third-order valence-electron chi connectivity index (χ3n) is 12.3. The van der Waals surface area contributed by atoms with Crippen LogP contribution in [-0.4, -0.2) is 102 Å². The van der Waals surface area contributed by atoms with Gasteiger partial charge in [-0.1, -0.05) is 47.8 Å². The van der Waals surface area contributed by atoms with Crippen molar-refractivity contribution >= 4 is 21.6 Å². The summed E-state index contributed by atoms with van der Waals surface area (Å²) in [6.07, 6.45) is 7.51. The summed E-state index contributed by atoms with van der Waals surface area (Å²) in [6, 6.07) is 7.08. The second-order valence-electron chi connectivity index (χ2n) is 16.0. The highest BCUT2D eigenvalue weighted by molar-refractivity contribution is 8.76. The molecule has 0 amide bonds. The molecule has 0 unspecified atom stereocenters. The van der Waals surface area contributed by atoms with E-state index in [1.165, 1.54) is 61.5 Å². The van der Waals surface area contributed by atoms with Gasteiger partial charge in [0.25, 0.3) is 0 Å². The number of aryl methyl sites for hydroxylation is 1. The van der Waals surface area contributed by atoms with E-state index in [2.05, 4.69) is 12.2 Å². The number of fused-ring (bicyclic) bond motifs is 1. The number of phenolic OH excluding ortho intramolecular Hbond substituents is 2. The molecule has 5 rings (SSSR count). The Balaban J connectivity index is 1.39. The first-order chi connectivity index (χ1) is 26.6. The number of hydrogen-bond acceptors (Lipinski definition) is 13. The maximum atomic E-state index is 11.7. The van der Waals surface area contributed by atoms with Crippen LogP contribution in [0.2, 0.25) is 0 Å². The van der Waals surface area contributed by atoms with Crippen LogP contribution >= 0.6 is 21.6 Å². The van der Waals surface area contributed by atoms with Gasteiger partial charge in [-0.15, -0.1) is 0 Å². The van der Waals surface area contributed by atoms with Crippen LogP contribution in [0.5, 0.6) is 28.7 Å². The Bertz CT molecular complexity index is 1460. The van der Waals surface area contributed by atoms with Crippen molar-refractivity contribution < 1.29 is 49.6 Å². The van der Waals surface area contributed by atoms with Crippen molar-refractivity contribution in [3.8, 4) is 28.7 Å². The minimum atomic E-state index is -0.992. The highest BCUT2D eigenvalue weighted by atomic mass is 33.1. The number of ether oxygens (including phenoxy) is 4. The zero-order chi connectivity index (χ0) is 39.5. The summed E-state index contributed by atoms with van der Waals surface area (Å²) < 4.78 is 23.2. The van der Waals surface area contributed by atoms with Gasteiger partial charge in [0.15, 0.2) is 23.0 Å². The summed E-state index contributed by atoms with van der Waals surface area (Å²) in [5.41, 5.74) is 2.56. The van der Waals surface area contributed by atoms with E-state index in [1.54, 1.807) is 18.2 Å². The fourth-order valence-electron chi connectivity index (χ4n) is 9.40. The Morgan fingerprint density at radius 3 is 2.29 bits per heavy atom. The number of nitrogens with one attached hydrogen (secondary N) is 1. The van der Waals surface area contributed by atoms with E-state index in [0.717, 1.165) is 42.9 Å². The number of phenols is 2. The van der Waals surface area contributed by atoms with Crippen LogP contribution in [0.4, 0.5) is 0 Å². The first kappa shape index (κ1) is 44.0. The van der Waals surface area contributed by atoms with Gasteiger partial charge in [0.05, 0.1) is 38.6 Å². The average molecular weight is 808 g/mol. The summed E-state index contributed by atoms with van der Waals surface area (Å²) in [5.74, 6) is 3.17. The van der Waals surface area contributed by atoms with Crippen molar-refractivity contribution in [3.05, 3.63) is 41.0 Å². The molecule has 3 aliphatic rings. The van der Waals surface area contributed by atoms with Crippen molar-refractivity contribution in [3.63, 3.8) is 0 Å². The van der Waals surface area contributed by atoms with Crippen molar-refractivity contribution in [2.24, 2.45) is 29.6 Å². The molecular weight excluding hydrogens is 743 g/mol. The lowest BCUT2D eigenvalue weighted by molar-refractivity contribution is -0.0808. The molecule has 2 aromatic rings. The molecular formula is C42H65NO10S2. The van der Waals surface area contributed by atoms with Gasteiger partial charge >= 0.3 is 0 Å². The van der Waals surface area contributed by atoms with Crippen LogP contribution < -0.4 is 19.5 Å². The lowest BCUT2D eigenvalue weighted by Crippen LogP contribution is -2.40. The topological polar surface area (TPSA) is 170 Å². The largest absolute Gasteiger partial charge is 0.504 e. The summed E-state index contributed by atoms with van der Waals surface area (Å²) in [7, 11) is 7.94. The van der Waals surface area contributed by atoms with Gasteiger partial charge in [-0.25, -0.2) is 0 Å². The number of aliphatic hydroxyl groups is 4. The van der Waals surface area contributed by atoms with Crippen LogP contribution in [0, 0.1) is 29.6 Å². The first-order valence-electron chi connectivity index (χ1n) is 20.2. The quantitative estimate of drug-likeness (QED) is 0.0880. The van der Waals surface area contributed by atoms with Gasteiger partial charge in [0.1, 0.15) is 6.79 Å². The van der Waals surface area contributed by atoms with Crippen LogP contribution in [0.1, 0.15) is 93.1 Å². The number of rotatable bonds is 13. The second kappa shape index (κ2) is 21.6. The summed E-state index contributed by atoms with van der Waals surface area (Å²) in [4.78, 5) is 0. The SMILES string of the molecule is CNC[C@@H]1CC[C@@H](Oc2cc3c(cc2O)[C@H](CCO)SSC[C@@H](O)[C@@H](Cc2cc(OC)c(O)c(OC)c2)[C@H](O)C[C@@H](OCO)CC3)C[C@H]1[C@H]1CCC[C@@H](C)C1. The lowest BCUT2D eigenvalue weighted by atomic mass is 9.65. The van der Waals surface area contributed by atoms with Crippen LogP contribution in [-0.2, 0) is 17.6 Å². The predicted molar refractivity (Wildman–Crippen MR) is 218 cm³/mol. The maximum absolute atomic E-state index is 11.7. The maximum Gasteiger partial charge on any atom is 0.200 e. The lowest BCUT2D eigenvalue weighted by Gasteiger charge is -2.43. The molecule has 310 valence electrons. The zero-order valence-corrected chi connectivity index (χ0v) is 34.7. The van der Waals surface area contributed by atoms with Crippen molar-refractivity contribution in [2.45, 2.75) is 114 Å². The van der Waals surface area contributed by atoms with Gasteiger partial charge in [-0.2, -0.15) is 0 Å². The van der Waals surface area contributed by atoms with Gasteiger partial charge < -0.3 is 54.9 Å². The van der Waals surface area contributed by atoms with E-state index in [4.69, 9.17) is 18.9 Å². The molecule has 7 N–H and O–H groups in total. The summed E-state index contributed by atoms with van der Waals surface area (Å²) >= 11 is 0. The Kier molecular flexibility index (Phi) is 17.3. The molecule has 0 saturated heterocycles. The summed E-state index contributed by atoms with van der Waals surface area (Å²) in [6.45, 7) is 2.81. The molecule has 0 spiro atoms. The van der Waals surface area contributed by atoms with Gasteiger partial charge in [-0.05, 0) is 136 Å². The Hall–Kier alpha value is -2.10. The molecule has 1 heterocycles. The van der Waals surface area contributed by atoms with E-state index in [-0.39, 0.29) is 59.6 Å². The number of aromatic hydroxyl groups is 2. The third-order valence-corrected chi connectivity index (χ3v) is 15.1. The normalized spacial score (nSPS) is 31.0. The van der Waals surface area contributed by atoms with Gasteiger partial charge in [-0.3, -0.25) is 0 Å². The molecule has 10 atom stereocenters. The van der Waals surface area contributed by atoms with E-state index in [0.29, 0.717) is 48.3 Å². The van der Waals surface area contributed by atoms with E-state index >= 15 is 0 Å². The fourth-order valence-corrected chi connectivity index (χ4v) is 12.3. The monoisotopic (exact) mass is 807 g/mol. The second-order valence-corrected chi connectivity index (χ2v) is 18.6. The van der Waals surface area contributed by atoms with E-state index in [1.807, 2.05) is 13.1 Å². The molecule has 2 aliphatic carbocycles. The van der Waals surface area contributed by atoms with E-state index < -0.39 is 31.0 Å². The van der Waals surface area contributed by atoms with Crippen molar-refractivity contribution in [2.75, 3.05) is 47.0 Å². The highest BCUT2D eigenvalue weighted by Gasteiger charge is 2.38. The van der Waals surface area contributed by atoms with Crippen LogP contribution in [0.3, 0.4) is 0 Å². The number of benzene rings is 2. The Labute approximate surface area is 335 Å². The number of methoxy groups -OCH3 is 2. The molecule has 0 bridgehead atoms. The van der Waals surface area contributed by atoms with E-state index in [9.17, 15) is 30.6 Å². The molecule has 0 aromatic heterocycles. The summed E-state index contributed by atoms with van der Waals surface area (Å²) in [5, 5.41) is 68.5. The molecule has 1 aliphatic heterocycles. The van der Waals surface area contributed by atoms with Crippen LogP contribution in [0.15, 0.2) is 24.3 Å². The zero-order valence-electron chi connectivity index (χ0n) is 33.0. The first-order valence-corrected chi connectivity index (χ1v) is 22.6. The Morgan fingerprint density at radius 2 is 1.62 bits per heavy atom. The number of aliphatic hydroxyl groups excluding tert-OH is 4. The molecule has 2 aromatic carbocycles. The predicted octanol–water partition coefficient (Wildman–Crippen LogP) is 6.38. The minimum absolute atomic E-state index is 0.000210. The average Bonchev–Trinajstić information content (AvgIpc) is 3.17. The Morgan fingerprint density at radius 1 is 0.855 bits per heavy atom. The van der Waals surface area contributed by atoms with Crippen molar-refractivity contribution in [1.82, 2.24) is 5.32 Å². The molecule has 11 nitrogen and oxygen atoms in total. The molecule has 2 fully saturated rings. The smallest absolute Gasteiger partial charge is 0.200 e. The van der Waals surface area contributed by atoms with Gasteiger partial charge in [0.2, 0.25) is 5.75 Å². The molecule has 2 saturated carbocycles. The van der Waals surface area contributed by atoms with Gasteiger partial charge in [0, 0.05) is 23.5 Å². The number of hydrogen-bond donors (Lipinski definition) is 7. The standard InChI is InChI=1S/C42H65NO10S2/c1-25-6-5-7-27(14-25)32-19-31(11-9-29(32)22-43-2)53-38-18-28-8-10-30(52-24-45)20-35(46)34(15-26-16-39(50-3)42(49)40(17-26)51-4)37(48)23-54-55-41(12-13-44)33(28)21-36(38)47/h16-18,21,25,27,29-32,34-35,37,41,43-49H,5-15,19-20,22-24H2,1-4H3/t25-,27+,29+,30+,31-,32+,34+,35-,37-,41+/m1/s1. The van der Waals surface area contributed by atoms with Crippen molar-refractivity contribution in [1.29, 1.82) is 0 Å². The molecule has 55 heavy (non-hydrogen) atoms. The highest BCUT2D eigenvalue weighted by Crippen LogP contribution is 2.48. The third kappa shape index (κ3) is 11.7. The molecule has 13 heteroatoms. The fraction of sp³-hybridized carbons (Fsp3) is 0.714. The minimum Gasteiger partial charge on any atom is -0.504 e. The van der Waals surface area contributed by atoms with Crippen LogP contribution in [0.25, 0.3) is 0 Å². The molecule has 0 radical (unpaired) electrons.